The van der Waals surface area contributed by atoms with E-state index in [1.165, 1.54) is 29.2 Å². The second kappa shape index (κ2) is 14.7. The number of sulfonamides is 1. The van der Waals surface area contributed by atoms with Crippen LogP contribution in [-0.2, 0) is 32.6 Å². The van der Waals surface area contributed by atoms with Crippen LogP contribution in [0.4, 0.5) is 10.1 Å². The average molecular weight is 685 g/mol. The zero-order valence-corrected chi connectivity index (χ0v) is 28.3. The molecule has 1 N–H and O–H groups in total. The predicted octanol–water partition coefficient (Wildman–Crippen LogP) is 7.19. The molecule has 0 aliphatic heterocycles. The Bertz CT molecular complexity index is 1760. The lowest BCUT2D eigenvalue weighted by molar-refractivity contribution is -0.140. The third-order valence-electron chi connectivity index (χ3n) is 7.16. The van der Waals surface area contributed by atoms with Crippen LogP contribution < -0.4 is 9.62 Å². The lowest BCUT2D eigenvalue weighted by Crippen LogP contribution is -2.56. The summed E-state index contributed by atoms with van der Waals surface area (Å²) in [5, 5.41) is 3.53. The average Bonchev–Trinajstić information content (AvgIpc) is 2.99. The second-order valence-corrected chi connectivity index (χ2v) is 14.6. The molecule has 1 unspecified atom stereocenters. The summed E-state index contributed by atoms with van der Waals surface area (Å²) in [6.07, 6.45) is 0.123. The Morgan fingerprint density at radius 2 is 1.43 bits per heavy atom. The van der Waals surface area contributed by atoms with Gasteiger partial charge in [0, 0.05) is 34.1 Å². The first kappa shape index (κ1) is 34.9. The van der Waals surface area contributed by atoms with E-state index in [0.717, 1.165) is 27.6 Å². The number of nitrogens with one attached hydrogen (secondary N) is 1. The van der Waals surface area contributed by atoms with Crippen molar-refractivity contribution in [2.75, 3.05) is 10.8 Å². The first-order valence-electron chi connectivity index (χ1n) is 14.6. The topological polar surface area (TPSA) is 86.8 Å². The molecule has 0 heterocycles. The lowest BCUT2D eigenvalue weighted by atomic mass is 10.0. The van der Waals surface area contributed by atoms with Crippen molar-refractivity contribution in [2.45, 2.75) is 57.1 Å². The normalized spacial score (nSPS) is 12.3. The standard InChI is InChI=1S/C35H36Cl2FN3O4S/c1-24-13-19-28(20-14-24)46(44,45)41(27-17-15-26(38)16-18-27)23-33(42)40(22-29-30(36)11-8-12-31(29)37)32(34(43)39-35(2,3)4)21-25-9-6-5-7-10-25/h5-20,32H,21-23H2,1-4H3,(H,39,43). The number of hydrogen-bond acceptors (Lipinski definition) is 4. The van der Waals surface area contributed by atoms with E-state index in [9.17, 15) is 22.4 Å². The van der Waals surface area contributed by atoms with Crippen molar-refractivity contribution >= 4 is 50.7 Å². The lowest BCUT2D eigenvalue weighted by Gasteiger charge is -2.35. The molecule has 4 aromatic carbocycles. The maximum atomic E-state index is 14.5. The molecule has 0 saturated heterocycles. The zero-order chi connectivity index (χ0) is 33.6. The van der Waals surface area contributed by atoms with E-state index >= 15 is 0 Å². The van der Waals surface area contributed by atoms with E-state index in [0.29, 0.717) is 5.56 Å². The molecule has 0 saturated carbocycles. The number of carbonyl (C=O) groups excluding carboxylic acids is 2. The number of halogens is 3. The summed E-state index contributed by atoms with van der Waals surface area (Å²) in [5.74, 6) is -1.71. The van der Waals surface area contributed by atoms with Crippen LogP contribution >= 0.6 is 23.2 Å². The van der Waals surface area contributed by atoms with Crippen molar-refractivity contribution in [3.8, 4) is 0 Å². The van der Waals surface area contributed by atoms with E-state index in [4.69, 9.17) is 23.2 Å². The van der Waals surface area contributed by atoms with Crippen LogP contribution in [0.15, 0.2) is 102 Å². The maximum Gasteiger partial charge on any atom is 0.264 e. The summed E-state index contributed by atoms with van der Waals surface area (Å²) in [6, 6.07) is 24.0. The van der Waals surface area contributed by atoms with Crippen LogP contribution in [0.3, 0.4) is 0 Å². The van der Waals surface area contributed by atoms with E-state index in [1.807, 2.05) is 58.0 Å². The fourth-order valence-corrected chi connectivity index (χ4v) is 6.77. The number of amides is 2. The van der Waals surface area contributed by atoms with Gasteiger partial charge < -0.3 is 10.2 Å². The Balaban J connectivity index is 1.85. The predicted molar refractivity (Wildman–Crippen MR) is 181 cm³/mol. The molecule has 2 amide bonds. The van der Waals surface area contributed by atoms with Crippen LogP contribution in [0.25, 0.3) is 0 Å². The minimum absolute atomic E-state index is 0.0535. The van der Waals surface area contributed by atoms with Crippen molar-refractivity contribution in [3.05, 3.63) is 130 Å². The third-order valence-corrected chi connectivity index (χ3v) is 9.66. The van der Waals surface area contributed by atoms with Crippen LogP contribution in [-0.4, -0.2) is 43.3 Å². The van der Waals surface area contributed by atoms with Crippen LogP contribution in [0.1, 0.15) is 37.5 Å². The van der Waals surface area contributed by atoms with Gasteiger partial charge in [-0.15, -0.1) is 0 Å². The molecule has 11 heteroatoms. The highest BCUT2D eigenvalue weighted by molar-refractivity contribution is 7.92. The number of anilines is 1. The molecule has 0 aliphatic carbocycles. The van der Waals surface area contributed by atoms with Crippen molar-refractivity contribution < 1.29 is 22.4 Å². The van der Waals surface area contributed by atoms with E-state index in [1.54, 1.807) is 30.3 Å². The number of rotatable bonds is 11. The van der Waals surface area contributed by atoms with Gasteiger partial charge in [-0.3, -0.25) is 13.9 Å². The molecule has 0 aromatic heterocycles. The maximum absolute atomic E-state index is 14.5. The van der Waals surface area contributed by atoms with Gasteiger partial charge in [-0.2, -0.15) is 0 Å². The Morgan fingerprint density at radius 1 is 0.848 bits per heavy atom. The molecule has 1 atom stereocenters. The summed E-state index contributed by atoms with van der Waals surface area (Å²) >= 11 is 13.1. The van der Waals surface area contributed by atoms with Crippen molar-refractivity contribution in [2.24, 2.45) is 0 Å². The van der Waals surface area contributed by atoms with Crippen molar-refractivity contribution in [3.63, 3.8) is 0 Å². The van der Waals surface area contributed by atoms with Crippen molar-refractivity contribution in [1.82, 2.24) is 10.2 Å². The number of hydrogen-bond donors (Lipinski definition) is 1. The fourth-order valence-electron chi connectivity index (χ4n) is 4.83. The monoisotopic (exact) mass is 683 g/mol. The van der Waals surface area contributed by atoms with Gasteiger partial charge in [0.05, 0.1) is 10.6 Å². The summed E-state index contributed by atoms with van der Waals surface area (Å²) < 4.78 is 43.0. The number of benzene rings is 4. The zero-order valence-electron chi connectivity index (χ0n) is 26.0. The first-order chi connectivity index (χ1) is 21.7. The Kier molecular flexibility index (Phi) is 11.1. The van der Waals surface area contributed by atoms with Gasteiger partial charge in [0.25, 0.3) is 10.0 Å². The highest BCUT2D eigenvalue weighted by Crippen LogP contribution is 2.29. The summed E-state index contributed by atoms with van der Waals surface area (Å²) in [7, 11) is -4.32. The number of nitrogens with zero attached hydrogens (tertiary/aromatic N) is 2. The van der Waals surface area contributed by atoms with Gasteiger partial charge >= 0.3 is 0 Å². The molecule has 0 radical (unpaired) electrons. The Morgan fingerprint density at radius 3 is 2.00 bits per heavy atom. The molecule has 0 fully saturated rings. The first-order valence-corrected chi connectivity index (χ1v) is 16.8. The minimum Gasteiger partial charge on any atom is -0.350 e. The van der Waals surface area contributed by atoms with Gasteiger partial charge in [-0.05, 0) is 81.8 Å². The Labute approximate surface area is 280 Å². The molecule has 0 aliphatic rings. The van der Waals surface area contributed by atoms with E-state index < -0.39 is 45.8 Å². The summed E-state index contributed by atoms with van der Waals surface area (Å²) in [4.78, 5) is 29.8. The smallest absolute Gasteiger partial charge is 0.264 e. The summed E-state index contributed by atoms with van der Waals surface area (Å²) in [6.45, 7) is 6.42. The quantitative estimate of drug-likeness (QED) is 0.181. The van der Waals surface area contributed by atoms with Gasteiger partial charge in [0.15, 0.2) is 0 Å². The molecular weight excluding hydrogens is 648 g/mol. The third kappa shape index (κ3) is 8.87. The highest BCUT2D eigenvalue weighted by atomic mass is 35.5. The van der Waals surface area contributed by atoms with Crippen LogP contribution in [0.2, 0.25) is 10.0 Å². The largest absolute Gasteiger partial charge is 0.350 e. The van der Waals surface area contributed by atoms with E-state index in [2.05, 4.69) is 5.32 Å². The molecular formula is C35H36Cl2FN3O4S. The van der Waals surface area contributed by atoms with E-state index in [-0.39, 0.29) is 33.6 Å². The van der Waals surface area contributed by atoms with Crippen molar-refractivity contribution in [1.29, 1.82) is 0 Å². The molecule has 4 aromatic rings. The SMILES string of the molecule is Cc1ccc(S(=O)(=O)N(CC(=O)N(Cc2c(Cl)cccc2Cl)C(Cc2ccccc2)C(=O)NC(C)(C)C)c2ccc(F)cc2)cc1. The second-order valence-electron chi connectivity index (χ2n) is 12.0. The molecule has 46 heavy (non-hydrogen) atoms. The van der Waals surface area contributed by atoms with Gasteiger partial charge in [-0.25, -0.2) is 12.8 Å². The van der Waals surface area contributed by atoms with Gasteiger partial charge in [0.1, 0.15) is 18.4 Å². The highest BCUT2D eigenvalue weighted by Gasteiger charge is 2.36. The molecule has 4 rings (SSSR count). The van der Waals surface area contributed by atoms with Crippen LogP contribution in [0, 0.1) is 12.7 Å². The van der Waals surface area contributed by atoms with Gasteiger partial charge in [-0.1, -0.05) is 77.3 Å². The Hall–Kier alpha value is -3.92. The minimum atomic E-state index is -4.32. The molecule has 242 valence electrons. The molecule has 7 nitrogen and oxygen atoms in total. The van der Waals surface area contributed by atoms with Gasteiger partial charge in [0.2, 0.25) is 11.8 Å². The number of carbonyl (C=O) groups is 2. The molecule has 0 bridgehead atoms. The number of aryl methyl sites for hydroxylation is 1. The molecule has 0 spiro atoms. The fraction of sp³-hybridized carbons (Fsp3) is 0.257. The van der Waals surface area contributed by atoms with Crippen LogP contribution in [0.5, 0.6) is 0 Å². The summed E-state index contributed by atoms with van der Waals surface area (Å²) in [5.41, 5.74) is 1.46.